The van der Waals surface area contributed by atoms with Crippen molar-refractivity contribution in [3.63, 3.8) is 0 Å². The Bertz CT molecular complexity index is 1500. The van der Waals surface area contributed by atoms with E-state index in [-0.39, 0.29) is 22.5 Å². The summed E-state index contributed by atoms with van der Waals surface area (Å²) in [6.45, 7) is 5.91. The zero-order chi connectivity index (χ0) is 27.9. The number of thioether (sulfide) groups is 1. The van der Waals surface area contributed by atoms with E-state index in [2.05, 4.69) is 20.4 Å². The zero-order valence-corrected chi connectivity index (χ0v) is 23.0. The molecule has 12 heteroatoms. The molecule has 2 aromatic carbocycles. The second-order valence-electron chi connectivity index (χ2n) is 9.87. The summed E-state index contributed by atoms with van der Waals surface area (Å²) in [4.78, 5) is 47.6. The number of hydrogen-bond acceptors (Lipinski definition) is 8. The van der Waals surface area contributed by atoms with Crippen LogP contribution >= 0.6 is 11.8 Å². The van der Waals surface area contributed by atoms with Crippen molar-refractivity contribution in [2.75, 3.05) is 13.6 Å². The van der Waals surface area contributed by atoms with Gasteiger partial charge in [0.25, 0.3) is 17.7 Å². The number of likely N-dealkylation sites (tertiary alicyclic amines) is 1. The fraction of sp³-hybridized carbons (Fsp3) is 0.333. The van der Waals surface area contributed by atoms with Crippen LogP contribution in [0.4, 0.5) is 0 Å². The van der Waals surface area contributed by atoms with Gasteiger partial charge in [-0.3, -0.25) is 14.4 Å². The molecule has 1 saturated heterocycles. The second-order valence-corrected chi connectivity index (χ2v) is 11.5. The summed E-state index contributed by atoms with van der Waals surface area (Å²) in [6, 6.07) is 12.1. The summed E-state index contributed by atoms with van der Waals surface area (Å²) in [5.41, 5.74) is 1.10. The number of carbonyl (C=O) groups is 3. The summed E-state index contributed by atoms with van der Waals surface area (Å²) in [5, 5.41) is 7.20. The highest BCUT2D eigenvalue weighted by Crippen LogP contribution is 2.33. The predicted molar refractivity (Wildman–Crippen MR) is 146 cm³/mol. The predicted octanol–water partition coefficient (Wildman–Crippen LogP) is 3.33. The van der Waals surface area contributed by atoms with Crippen LogP contribution in [0.25, 0.3) is 11.4 Å². The molecule has 1 fully saturated rings. The van der Waals surface area contributed by atoms with Crippen LogP contribution in [-0.2, 0) is 16.6 Å². The van der Waals surface area contributed by atoms with Crippen LogP contribution in [0.2, 0.25) is 0 Å². The molecular weight excluding hydrogens is 520 g/mol. The first-order valence-electron chi connectivity index (χ1n) is 12.3. The Morgan fingerprint density at radius 3 is 2.38 bits per heavy atom. The number of amides is 3. The molecule has 2 aliphatic heterocycles. The first kappa shape index (κ1) is 26.4. The highest BCUT2D eigenvalue weighted by molar-refractivity contribution is 8.16. The largest absolute Gasteiger partial charge is 0.480 e. The van der Waals surface area contributed by atoms with E-state index in [1.165, 1.54) is 11.8 Å². The Hall–Kier alpha value is -4.19. The molecule has 1 unspecified atom stereocenters. The third kappa shape index (κ3) is 5.65. The molecule has 11 nitrogen and oxygen atoms in total. The van der Waals surface area contributed by atoms with Gasteiger partial charge in [-0.15, -0.1) is 0 Å². The van der Waals surface area contributed by atoms with Crippen molar-refractivity contribution >= 4 is 34.7 Å². The van der Waals surface area contributed by atoms with Crippen LogP contribution in [0.1, 0.15) is 36.5 Å². The number of aliphatic imine (C=N–C) groups is 1. The molecule has 3 aromatic rings. The van der Waals surface area contributed by atoms with Gasteiger partial charge in [-0.05, 0) is 57.2 Å². The number of benzene rings is 2. The smallest absolute Gasteiger partial charge is 0.264 e. The normalized spacial score (nSPS) is 18.3. The van der Waals surface area contributed by atoms with E-state index in [1.807, 2.05) is 26.1 Å². The topological polar surface area (TPSA) is 128 Å². The Kier molecular flexibility index (Phi) is 6.89. The number of ether oxygens (including phenoxy) is 2. The van der Waals surface area contributed by atoms with Crippen molar-refractivity contribution in [1.29, 1.82) is 0 Å². The number of rotatable bonds is 6. The minimum Gasteiger partial charge on any atom is -0.480 e. The summed E-state index contributed by atoms with van der Waals surface area (Å²) in [5.74, 6) is 1.68. The van der Waals surface area contributed by atoms with Gasteiger partial charge < -0.3 is 19.7 Å². The molecule has 0 aliphatic carbocycles. The van der Waals surface area contributed by atoms with Crippen LogP contribution in [0.15, 0.2) is 47.5 Å². The Labute approximate surface area is 229 Å². The molecule has 0 spiro atoms. The zero-order valence-electron chi connectivity index (χ0n) is 22.2. The van der Waals surface area contributed by atoms with E-state index in [0.717, 1.165) is 11.4 Å². The number of hydrogen-bond donors (Lipinski definition) is 1. The standard InChI is InChI=1S/C27H28N6O5S/c1-15-28-22(33(5)31-15)16-6-8-18(9-7-16)37-19-12-17(23(34)29-26-30-25(36)27(2,3)39-26)13-20(14-19)38-21-10-11-32(4)24(21)35/h6-9,12-14,21H,10-11H2,1-5H3,(H,29,30,34,36). The summed E-state index contributed by atoms with van der Waals surface area (Å²) in [6.07, 6.45) is -0.112. The third-order valence-corrected chi connectivity index (χ3v) is 7.38. The lowest BCUT2D eigenvalue weighted by Gasteiger charge is -2.16. The van der Waals surface area contributed by atoms with Crippen molar-refractivity contribution in [2.45, 2.75) is 38.0 Å². The van der Waals surface area contributed by atoms with Gasteiger partial charge in [0, 0.05) is 44.3 Å². The van der Waals surface area contributed by atoms with Gasteiger partial charge in [-0.25, -0.2) is 9.67 Å². The molecule has 0 saturated carbocycles. The molecule has 39 heavy (non-hydrogen) atoms. The van der Waals surface area contributed by atoms with Crippen molar-refractivity contribution in [3.8, 4) is 28.6 Å². The number of carbonyl (C=O) groups excluding carboxylic acids is 3. The summed E-state index contributed by atoms with van der Waals surface area (Å²) < 4.78 is 13.0. The second kappa shape index (κ2) is 10.2. The SMILES string of the molecule is Cc1nc(-c2ccc(Oc3cc(OC4CCN(C)C4=O)cc(C(=O)NC4=NC(=O)C(C)(C)S4)c3)cc2)n(C)n1. The Morgan fingerprint density at radius 1 is 1.08 bits per heavy atom. The molecule has 1 atom stereocenters. The number of nitrogens with one attached hydrogen (secondary N) is 1. The molecule has 3 heterocycles. The Morgan fingerprint density at radius 2 is 1.79 bits per heavy atom. The van der Waals surface area contributed by atoms with Crippen LogP contribution in [0, 0.1) is 6.92 Å². The van der Waals surface area contributed by atoms with E-state index in [9.17, 15) is 14.4 Å². The molecule has 3 amide bonds. The maximum absolute atomic E-state index is 13.1. The van der Waals surface area contributed by atoms with Crippen molar-refractivity contribution in [3.05, 3.63) is 53.9 Å². The lowest BCUT2D eigenvalue weighted by molar-refractivity contribution is -0.132. The molecule has 2 aliphatic rings. The van der Waals surface area contributed by atoms with E-state index in [0.29, 0.717) is 36.0 Å². The van der Waals surface area contributed by atoms with E-state index < -0.39 is 16.8 Å². The number of likely N-dealkylation sites (N-methyl/N-ethyl adjacent to an activating group) is 1. The van der Waals surface area contributed by atoms with E-state index in [1.54, 1.807) is 60.8 Å². The monoisotopic (exact) mass is 548 g/mol. The highest BCUT2D eigenvalue weighted by Gasteiger charge is 2.37. The molecule has 5 rings (SSSR count). The number of amidine groups is 1. The summed E-state index contributed by atoms with van der Waals surface area (Å²) >= 11 is 1.18. The third-order valence-electron chi connectivity index (χ3n) is 6.31. The number of aromatic nitrogens is 3. The molecule has 1 aromatic heterocycles. The van der Waals surface area contributed by atoms with Crippen molar-refractivity contribution in [2.24, 2.45) is 12.0 Å². The average molecular weight is 549 g/mol. The van der Waals surface area contributed by atoms with Crippen LogP contribution in [-0.4, -0.2) is 67.0 Å². The highest BCUT2D eigenvalue weighted by atomic mass is 32.2. The minimum absolute atomic E-state index is 0.126. The molecule has 0 radical (unpaired) electrons. The lowest BCUT2D eigenvalue weighted by Crippen LogP contribution is -2.30. The maximum Gasteiger partial charge on any atom is 0.264 e. The van der Waals surface area contributed by atoms with Gasteiger partial charge in [0.15, 0.2) is 17.1 Å². The number of nitrogens with zero attached hydrogens (tertiary/aromatic N) is 5. The quantitative estimate of drug-likeness (QED) is 0.497. The fourth-order valence-corrected chi connectivity index (χ4v) is 5.11. The molecule has 0 bridgehead atoms. The summed E-state index contributed by atoms with van der Waals surface area (Å²) in [7, 11) is 3.55. The molecule has 1 N–H and O–H groups in total. The van der Waals surface area contributed by atoms with Gasteiger partial charge in [-0.2, -0.15) is 10.1 Å². The van der Waals surface area contributed by atoms with Gasteiger partial charge in [0.2, 0.25) is 0 Å². The average Bonchev–Trinajstić information content (AvgIpc) is 3.47. The van der Waals surface area contributed by atoms with Crippen molar-refractivity contribution in [1.82, 2.24) is 25.0 Å². The lowest BCUT2D eigenvalue weighted by atomic mass is 10.1. The van der Waals surface area contributed by atoms with Crippen LogP contribution in [0.3, 0.4) is 0 Å². The van der Waals surface area contributed by atoms with Gasteiger partial charge in [0.1, 0.15) is 23.1 Å². The first-order chi connectivity index (χ1) is 18.5. The Balaban J connectivity index is 1.40. The van der Waals surface area contributed by atoms with E-state index >= 15 is 0 Å². The van der Waals surface area contributed by atoms with Gasteiger partial charge in [0.05, 0.1) is 4.75 Å². The van der Waals surface area contributed by atoms with Gasteiger partial charge >= 0.3 is 0 Å². The number of aryl methyl sites for hydroxylation is 2. The van der Waals surface area contributed by atoms with Crippen LogP contribution in [0.5, 0.6) is 17.2 Å². The minimum atomic E-state index is -0.743. The maximum atomic E-state index is 13.1. The first-order valence-corrected chi connectivity index (χ1v) is 13.2. The van der Waals surface area contributed by atoms with E-state index in [4.69, 9.17) is 9.47 Å². The van der Waals surface area contributed by atoms with Crippen molar-refractivity contribution < 1.29 is 23.9 Å². The fourth-order valence-electron chi connectivity index (χ4n) is 4.22. The molecule has 202 valence electrons. The van der Waals surface area contributed by atoms with Crippen LogP contribution < -0.4 is 14.8 Å². The van der Waals surface area contributed by atoms with Gasteiger partial charge in [-0.1, -0.05) is 11.8 Å². The molecular formula is C27H28N6O5S.